The molecule has 2 aliphatic rings. The summed E-state index contributed by atoms with van der Waals surface area (Å²) in [5, 5.41) is 3.53. The maximum Gasteiger partial charge on any atom is 0.0544 e. The molecule has 0 aromatic carbocycles. The maximum absolute atomic E-state index is 4.63. The fraction of sp³-hybridized carbons (Fsp3) is 0.706. The molecule has 1 N–H and O–H groups in total. The minimum Gasteiger partial charge on any atom is -0.310 e. The molecular formula is C17H27N3. The van der Waals surface area contributed by atoms with E-state index in [2.05, 4.69) is 34.3 Å². The van der Waals surface area contributed by atoms with Crippen molar-refractivity contribution in [1.29, 1.82) is 0 Å². The standard InChI is InChI=1S/C17H27N3/c1-2-3-14-8-9-20(12-14)13-17-5-4-15(11-19-17)10-18-16-6-7-16/h4-5,11,14,16,18H,2-3,6-10,12-13H2,1H3. The zero-order valence-corrected chi connectivity index (χ0v) is 12.6. The number of likely N-dealkylation sites (tertiary alicyclic amines) is 1. The quantitative estimate of drug-likeness (QED) is 0.828. The van der Waals surface area contributed by atoms with E-state index in [1.54, 1.807) is 0 Å². The molecular weight excluding hydrogens is 246 g/mol. The second-order valence-electron chi connectivity index (χ2n) is 6.49. The molecule has 0 amide bonds. The first kappa shape index (κ1) is 14.0. The molecule has 20 heavy (non-hydrogen) atoms. The summed E-state index contributed by atoms with van der Waals surface area (Å²) in [6.07, 6.45) is 8.81. The zero-order valence-electron chi connectivity index (χ0n) is 12.6. The summed E-state index contributed by atoms with van der Waals surface area (Å²) in [6.45, 7) is 6.80. The molecule has 2 fully saturated rings. The third-order valence-corrected chi connectivity index (χ3v) is 4.51. The number of pyridine rings is 1. The lowest BCUT2D eigenvalue weighted by Crippen LogP contribution is -2.21. The Kier molecular flexibility index (Phi) is 4.69. The van der Waals surface area contributed by atoms with Gasteiger partial charge in [0.2, 0.25) is 0 Å². The highest BCUT2D eigenvalue weighted by atomic mass is 15.1. The second kappa shape index (κ2) is 6.68. The summed E-state index contributed by atoms with van der Waals surface area (Å²) in [4.78, 5) is 7.19. The first-order valence-corrected chi connectivity index (χ1v) is 8.23. The van der Waals surface area contributed by atoms with Gasteiger partial charge in [0.15, 0.2) is 0 Å². The fourth-order valence-corrected chi connectivity index (χ4v) is 3.13. The molecule has 1 unspecified atom stereocenters. The van der Waals surface area contributed by atoms with Crippen LogP contribution in [0.15, 0.2) is 18.3 Å². The second-order valence-corrected chi connectivity index (χ2v) is 6.49. The van der Waals surface area contributed by atoms with Gasteiger partial charge in [0.1, 0.15) is 0 Å². The SMILES string of the molecule is CCCC1CCN(Cc2ccc(CNC3CC3)cn2)C1. The average molecular weight is 273 g/mol. The van der Waals surface area contributed by atoms with Gasteiger partial charge in [0.25, 0.3) is 0 Å². The van der Waals surface area contributed by atoms with Crippen LogP contribution in [-0.4, -0.2) is 29.0 Å². The van der Waals surface area contributed by atoms with Crippen molar-refractivity contribution in [2.45, 2.75) is 58.2 Å². The molecule has 0 radical (unpaired) electrons. The van der Waals surface area contributed by atoms with Crippen LogP contribution >= 0.6 is 0 Å². The van der Waals surface area contributed by atoms with E-state index in [9.17, 15) is 0 Å². The summed E-state index contributed by atoms with van der Waals surface area (Å²) in [7, 11) is 0. The van der Waals surface area contributed by atoms with Crippen molar-refractivity contribution >= 4 is 0 Å². The van der Waals surface area contributed by atoms with E-state index in [0.717, 1.165) is 25.0 Å². The molecule has 3 rings (SSSR count). The van der Waals surface area contributed by atoms with Crippen molar-refractivity contribution in [3.63, 3.8) is 0 Å². The Morgan fingerprint density at radius 1 is 1.30 bits per heavy atom. The van der Waals surface area contributed by atoms with Crippen LogP contribution in [0.4, 0.5) is 0 Å². The van der Waals surface area contributed by atoms with E-state index in [1.807, 2.05) is 6.20 Å². The van der Waals surface area contributed by atoms with Gasteiger partial charge in [0, 0.05) is 31.9 Å². The van der Waals surface area contributed by atoms with Crippen molar-refractivity contribution in [2.24, 2.45) is 5.92 Å². The van der Waals surface area contributed by atoms with Gasteiger partial charge in [-0.05, 0) is 49.8 Å². The summed E-state index contributed by atoms with van der Waals surface area (Å²) in [6, 6.07) is 5.21. The van der Waals surface area contributed by atoms with Crippen molar-refractivity contribution in [1.82, 2.24) is 15.2 Å². The lowest BCUT2D eigenvalue weighted by atomic mass is 10.0. The molecule has 0 spiro atoms. The van der Waals surface area contributed by atoms with E-state index in [4.69, 9.17) is 0 Å². The Hall–Kier alpha value is -0.930. The molecule has 1 saturated heterocycles. The highest BCUT2D eigenvalue weighted by Crippen LogP contribution is 2.22. The van der Waals surface area contributed by atoms with Crippen LogP contribution in [0.5, 0.6) is 0 Å². The van der Waals surface area contributed by atoms with Gasteiger partial charge in [-0.15, -0.1) is 0 Å². The van der Waals surface area contributed by atoms with Crippen LogP contribution in [0.1, 0.15) is 50.3 Å². The van der Waals surface area contributed by atoms with Gasteiger partial charge in [0.05, 0.1) is 5.69 Å². The zero-order chi connectivity index (χ0) is 13.8. The van der Waals surface area contributed by atoms with Crippen molar-refractivity contribution in [3.05, 3.63) is 29.6 Å². The van der Waals surface area contributed by atoms with Crippen LogP contribution < -0.4 is 5.32 Å². The molecule has 3 nitrogen and oxygen atoms in total. The summed E-state index contributed by atoms with van der Waals surface area (Å²) < 4.78 is 0. The monoisotopic (exact) mass is 273 g/mol. The largest absolute Gasteiger partial charge is 0.310 e. The molecule has 0 bridgehead atoms. The predicted molar refractivity (Wildman–Crippen MR) is 82.4 cm³/mol. The molecule has 1 atom stereocenters. The average Bonchev–Trinajstić information content (AvgIpc) is 3.19. The Morgan fingerprint density at radius 2 is 2.20 bits per heavy atom. The van der Waals surface area contributed by atoms with E-state index >= 15 is 0 Å². The molecule has 110 valence electrons. The number of hydrogen-bond acceptors (Lipinski definition) is 3. The van der Waals surface area contributed by atoms with Gasteiger partial charge >= 0.3 is 0 Å². The summed E-state index contributed by atoms with van der Waals surface area (Å²) in [5.74, 6) is 0.919. The Morgan fingerprint density at radius 3 is 2.90 bits per heavy atom. The lowest BCUT2D eigenvalue weighted by Gasteiger charge is -2.15. The topological polar surface area (TPSA) is 28.2 Å². The van der Waals surface area contributed by atoms with Crippen LogP contribution in [0.2, 0.25) is 0 Å². The van der Waals surface area contributed by atoms with Gasteiger partial charge in [-0.3, -0.25) is 9.88 Å². The van der Waals surface area contributed by atoms with E-state index in [0.29, 0.717) is 0 Å². The van der Waals surface area contributed by atoms with Crippen LogP contribution in [0.3, 0.4) is 0 Å². The van der Waals surface area contributed by atoms with Crippen LogP contribution in [0, 0.1) is 5.92 Å². The first-order chi connectivity index (χ1) is 9.83. The van der Waals surface area contributed by atoms with Crippen molar-refractivity contribution in [2.75, 3.05) is 13.1 Å². The van der Waals surface area contributed by atoms with Gasteiger partial charge in [-0.1, -0.05) is 19.4 Å². The normalized spacial score (nSPS) is 23.4. The van der Waals surface area contributed by atoms with Crippen molar-refractivity contribution < 1.29 is 0 Å². The molecule has 1 aliphatic heterocycles. The Balaban J connectivity index is 1.45. The Labute approximate surface area is 122 Å². The minimum atomic E-state index is 0.773. The molecule has 1 aliphatic carbocycles. The number of aromatic nitrogens is 1. The highest BCUT2D eigenvalue weighted by Gasteiger charge is 2.22. The third-order valence-electron chi connectivity index (χ3n) is 4.51. The van der Waals surface area contributed by atoms with Crippen LogP contribution in [-0.2, 0) is 13.1 Å². The van der Waals surface area contributed by atoms with Gasteiger partial charge < -0.3 is 5.32 Å². The summed E-state index contributed by atoms with van der Waals surface area (Å²) in [5.41, 5.74) is 2.53. The van der Waals surface area contributed by atoms with E-state index < -0.39 is 0 Å². The highest BCUT2D eigenvalue weighted by molar-refractivity contribution is 5.14. The van der Waals surface area contributed by atoms with Crippen LogP contribution in [0.25, 0.3) is 0 Å². The first-order valence-electron chi connectivity index (χ1n) is 8.23. The molecule has 2 heterocycles. The Bertz CT molecular complexity index is 411. The predicted octanol–water partition coefficient (Wildman–Crippen LogP) is 2.96. The molecule has 1 aromatic heterocycles. The maximum atomic E-state index is 4.63. The molecule has 3 heteroatoms. The molecule has 1 aromatic rings. The van der Waals surface area contributed by atoms with Gasteiger partial charge in [-0.25, -0.2) is 0 Å². The van der Waals surface area contributed by atoms with E-state index in [-0.39, 0.29) is 0 Å². The number of hydrogen-bond donors (Lipinski definition) is 1. The van der Waals surface area contributed by atoms with E-state index in [1.165, 1.54) is 56.5 Å². The fourth-order valence-electron chi connectivity index (χ4n) is 3.13. The van der Waals surface area contributed by atoms with Gasteiger partial charge in [-0.2, -0.15) is 0 Å². The number of nitrogens with zero attached hydrogens (tertiary/aromatic N) is 2. The summed E-state index contributed by atoms with van der Waals surface area (Å²) >= 11 is 0. The minimum absolute atomic E-state index is 0.773. The number of nitrogens with one attached hydrogen (secondary N) is 1. The third kappa shape index (κ3) is 4.03. The lowest BCUT2D eigenvalue weighted by molar-refractivity contribution is 0.309. The smallest absolute Gasteiger partial charge is 0.0544 e. The number of rotatable bonds is 7. The molecule has 1 saturated carbocycles. The van der Waals surface area contributed by atoms with Crippen molar-refractivity contribution in [3.8, 4) is 0 Å².